The lowest BCUT2D eigenvalue weighted by atomic mass is 10.1. The first-order chi connectivity index (χ1) is 6.55. The van der Waals surface area contributed by atoms with Gasteiger partial charge in [0.1, 0.15) is 0 Å². The summed E-state index contributed by atoms with van der Waals surface area (Å²) in [6.07, 6.45) is 2.95. The summed E-state index contributed by atoms with van der Waals surface area (Å²) >= 11 is 1.85. The Bertz CT molecular complexity index is 238. The van der Waals surface area contributed by atoms with Crippen molar-refractivity contribution in [2.24, 2.45) is 0 Å². The Morgan fingerprint density at radius 2 is 2.29 bits per heavy atom. The largest absolute Gasteiger partial charge is 0.353 e. The lowest BCUT2D eigenvalue weighted by Crippen LogP contribution is -2.41. The minimum absolute atomic E-state index is 0.190. The van der Waals surface area contributed by atoms with E-state index in [0.717, 1.165) is 5.75 Å². The van der Waals surface area contributed by atoms with E-state index < -0.39 is 0 Å². The van der Waals surface area contributed by atoms with Gasteiger partial charge in [0.25, 0.3) is 0 Å². The van der Waals surface area contributed by atoms with E-state index in [9.17, 15) is 4.79 Å². The molecular formula is C10H18N2OS. The van der Waals surface area contributed by atoms with Crippen LogP contribution in [-0.4, -0.2) is 28.6 Å². The van der Waals surface area contributed by atoms with E-state index in [1.54, 1.807) is 0 Å². The minimum atomic E-state index is 0.190. The molecule has 3 nitrogen and oxygen atoms in total. The molecule has 0 aromatic heterocycles. The molecule has 2 fully saturated rings. The maximum Gasteiger partial charge on any atom is 0.222 e. The molecule has 1 aliphatic carbocycles. The Morgan fingerprint density at radius 3 is 2.79 bits per heavy atom. The van der Waals surface area contributed by atoms with E-state index in [4.69, 9.17) is 0 Å². The van der Waals surface area contributed by atoms with Crippen LogP contribution in [0, 0.1) is 0 Å². The van der Waals surface area contributed by atoms with Crippen molar-refractivity contribution < 1.29 is 4.79 Å². The van der Waals surface area contributed by atoms with Gasteiger partial charge in [-0.1, -0.05) is 0 Å². The fraction of sp³-hybridized carbons (Fsp3) is 0.900. The van der Waals surface area contributed by atoms with Gasteiger partial charge in [-0.3, -0.25) is 10.1 Å². The van der Waals surface area contributed by atoms with Crippen molar-refractivity contribution >= 4 is 17.7 Å². The first-order valence-electron chi connectivity index (χ1n) is 5.24. The van der Waals surface area contributed by atoms with Crippen LogP contribution in [0.5, 0.6) is 0 Å². The summed E-state index contributed by atoms with van der Waals surface area (Å²) in [7, 11) is 0. The lowest BCUT2D eigenvalue weighted by Gasteiger charge is -2.18. The standard InChI is InChI=1S/C10H18N2OS/c1-10(2)6-14-9(12-10)5-8(13)11-7-3-4-7/h7,9,12H,3-6H2,1-2H3,(H,11,13). The molecule has 1 saturated carbocycles. The van der Waals surface area contributed by atoms with Gasteiger partial charge in [-0.25, -0.2) is 0 Å². The molecule has 1 unspecified atom stereocenters. The normalized spacial score (nSPS) is 30.3. The zero-order chi connectivity index (χ0) is 10.2. The fourth-order valence-electron chi connectivity index (χ4n) is 1.62. The number of hydrogen-bond acceptors (Lipinski definition) is 3. The van der Waals surface area contributed by atoms with E-state index in [2.05, 4.69) is 24.5 Å². The van der Waals surface area contributed by atoms with Gasteiger partial charge >= 0.3 is 0 Å². The van der Waals surface area contributed by atoms with Gasteiger partial charge in [0.2, 0.25) is 5.91 Å². The SMILES string of the molecule is CC1(C)CSC(CC(=O)NC2CC2)N1. The third-order valence-electron chi connectivity index (χ3n) is 2.51. The van der Waals surface area contributed by atoms with Crippen molar-refractivity contribution in [2.45, 2.75) is 50.1 Å². The van der Waals surface area contributed by atoms with Crippen LogP contribution in [-0.2, 0) is 4.79 Å². The highest BCUT2D eigenvalue weighted by Gasteiger charge is 2.32. The molecule has 0 radical (unpaired) electrons. The van der Waals surface area contributed by atoms with Gasteiger partial charge in [0.15, 0.2) is 0 Å². The highest BCUT2D eigenvalue weighted by Crippen LogP contribution is 2.28. The smallest absolute Gasteiger partial charge is 0.222 e. The van der Waals surface area contributed by atoms with Gasteiger partial charge in [0.05, 0.1) is 11.8 Å². The molecule has 80 valence electrons. The summed E-state index contributed by atoms with van der Waals surface area (Å²) in [4.78, 5) is 11.5. The first-order valence-corrected chi connectivity index (χ1v) is 6.29. The Morgan fingerprint density at radius 1 is 1.57 bits per heavy atom. The lowest BCUT2D eigenvalue weighted by molar-refractivity contribution is -0.121. The number of hydrogen-bond donors (Lipinski definition) is 2. The van der Waals surface area contributed by atoms with Crippen LogP contribution in [0.2, 0.25) is 0 Å². The van der Waals surface area contributed by atoms with Crippen LogP contribution in [0.3, 0.4) is 0 Å². The van der Waals surface area contributed by atoms with Crippen molar-refractivity contribution in [2.75, 3.05) is 5.75 Å². The molecule has 1 amide bonds. The quantitative estimate of drug-likeness (QED) is 0.739. The Labute approximate surface area is 89.4 Å². The molecule has 2 rings (SSSR count). The molecule has 0 bridgehead atoms. The topological polar surface area (TPSA) is 41.1 Å². The number of thioether (sulfide) groups is 1. The molecule has 0 aromatic carbocycles. The Hall–Kier alpha value is -0.220. The second kappa shape index (κ2) is 3.74. The van der Waals surface area contributed by atoms with Gasteiger partial charge in [-0.05, 0) is 26.7 Å². The predicted octanol–water partition coefficient (Wildman–Crippen LogP) is 1.10. The van der Waals surface area contributed by atoms with Crippen molar-refractivity contribution in [1.82, 2.24) is 10.6 Å². The van der Waals surface area contributed by atoms with Gasteiger partial charge < -0.3 is 5.32 Å². The molecular weight excluding hydrogens is 196 g/mol. The van der Waals surface area contributed by atoms with Gasteiger partial charge in [-0.15, -0.1) is 11.8 Å². The molecule has 14 heavy (non-hydrogen) atoms. The monoisotopic (exact) mass is 214 g/mol. The Balaban J connectivity index is 1.72. The van der Waals surface area contributed by atoms with Gasteiger partial charge in [-0.2, -0.15) is 0 Å². The fourth-order valence-corrected chi connectivity index (χ4v) is 2.99. The minimum Gasteiger partial charge on any atom is -0.353 e. The van der Waals surface area contributed by atoms with Crippen LogP contribution in [0.15, 0.2) is 0 Å². The summed E-state index contributed by atoms with van der Waals surface area (Å²) in [5, 5.41) is 6.78. The second-order valence-corrected chi connectivity index (χ2v) is 6.06. The average Bonchev–Trinajstić information content (AvgIpc) is 2.78. The summed E-state index contributed by atoms with van der Waals surface area (Å²) in [6, 6.07) is 0.488. The van der Waals surface area contributed by atoms with Gasteiger partial charge in [0, 0.05) is 17.3 Å². The molecule has 2 N–H and O–H groups in total. The zero-order valence-electron chi connectivity index (χ0n) is 8.80. The van der Waals surface area contributed by atoms with Crippen LogP contribution >= 0.6 is 11.8 Å². The molecule has 0 aromatic rings. The summed E-state index contributed by atoms with van der Waals surface area (Å²) < 4.78 is 0. The van der Waals surface area contributed by atoms with E-state index in [-0.39, 0.29) is 11.4 Å². The number of amides is 1. The highest BCUT2D eigenvalue weighted by atomic mass is 32.2. The maximum atomic E-state index is 11.5. The van der Waals surface area contributed by atoms with E-state index in [0.29, 0.717) is 17.8 Å². The number of carbonyl (C=O) groups is 1. The number of rotatable bonds is 3. The van der Waals surface area contributed by atoms with Crippen LogP contribution in [0.1, 0.15) is 33.1 Å². The van der Waals surface area contributed by atoms with E-state index in [1.165, 1.54) is 12.8 Å². The van der Waals surface area contributed by atoms with Crippen molar-refractivity contribution in [3.05, 3.63) is 0 Å². The summed E-state index contributed by atoms with van der Waals surface area (Å²) in [5.74, 6) is 1.30. The molecule has 1 heterocycles. The van der Waals surface area contributed by atoms with Crippen molar-refractivity contribution in [3.63, 3.8) is 0 Å². The van der Waals surface area contributed by atoms with Crippen molar-refractivity contribution in [3.8, 4) is 0 Å². The third-order valence-corrected chi connectivity index (χ3v) is 4.09. The number of carbonyl (C=O) groups excluding carboxylic acids is 1. The van der Waals surface area contributed by atoms with Crippen LogP contribution in [0.4, 0.5) is 0 Å². The molecule has 4 heteroatoms. The second-order valence-electron chi connectivity index (χ2n) is 4.87. The third kappa shape index (κ3) is 2.89. The zero-order valence-corrected chi connectivity index (χ0v) is 9.62. The van der Waals surface area contributed by atoms with Crippen LogP contribution in [0.25, 0.3) is 0 Å². The van der Waals surface area contributed by atoms with Crippen LogP contribution < -0.4 is 10.6 Å². The summed E-state index contributed by atoms with van der Waals surface area (Å²) in [6.45, 7) is 4.36. The molecule has 1 aliphatic heterocycles. The van der Waals surface area contributed by atoms with E-state index in [1.807, 2.05) is 11.8 Å². The summed E-state index contributed by atoms with van der Waals surface area (Å²) in [5.41, 5.74) is 0.190. The predicted molar refractivity (Wildman–Crippen MR) is 59.2 cm³/mol. The Kier molecular flexibility index (Phi) is 2.75. The molecule has 1 atom stereocenters. The average molecular weight is 214 g/mol. The maximum absolute atomic E-state index is 11.5. The molecule has 1 saturated heterocycles. The highest BCUT2D eigenvalue weighted by molar-refractivity contribution is 8.00. The molecule has 0 spiro atoms. The first kappa shape index (κ1) is 10.3. The van der Waals surface area contributed by atoms with E-state index >= 15 is 0 Å². The number of nitrogens with one attached hydrogen (secondary N) is 2. The molecule has 2 aliphatic rings. The van der Waals surface area contributed by atoms with Crippen molar-refractivity contribution in [1.29, 1.82) is 0 Å².